The van der Waals surface area contributed by atoms with Gasteiger partial charge >= 0.3 is 5.97 Å². The van der Waals surface area contributed by atoms with Crippen molar-refractivity contribution in [2.45, 2.75) is 33.2 Å². The van der Waals surface area contributed by atoms with E-state index >= 15 is 0 Å². The molecule has 0 radical (unpaired) electrons. The minimum Gasteiger partial charge on any atom is -0.466 e. The molecule has 0 saturated carbocycles. The van der Waals surface area contributed by atoms with Crippen LogP contribution in [-0.2, 0) is 16.1 Å². The summed E-state index contributed by atoms with van der Waals surface area (Å²) in [5.41, 5.74) is 0.454. The number of pyridine rings is 1. The van der Waals surface area contributed by atoms with Gasteiger partial charge in [-0.3, -0.25) is 14.4 Å². The normalized spacial score (nSPS) is 18.1. The largest absolute Gasteiger partial charge is 0.466 e. The van der Waals surface area contributed by atoms with E-state index in [1.165, 1.54) is 0 Å². The zero-order valence-electron chi connectivity index (χ0n) is 16.6. The Hall–Kier alpha value is -3.03. The number of carbonyl (C=O) groups is 2. The molecule has 8 nitrogen and oxygen atoms in total. The number of esters is 1. The maximum absolute atomic E-state index is 13.2. The zero-order chi connectivity index (χ0) is 20.5. The molecule has 2 aromatic rings. The summed E-state index contributed by atoms with van der Waals surface area (Å²) in [6.07, 6.45) is 2.98. The first-order valence-corrected chi connectivity index (χ1v) is 9.96. The van der Waals surface area contributed by atoms with Gasteiger partial charge in [0.1, 0.15) is 5.56 Å². The summed E-state index contributed by atoms with van der Waals surface area (Å²) in [5, 5.41) is 0.418. The number of aromatic nitrogens is 1. The number of likely N-dealkylation sites (tertiary alicyclic amines) is 1. The van der Waals surface area contributed by atoms with E-state index in [1.54, 1.807) is 30.2 Å². The van der Waals surface area contributed by atoms with E-state index in [9.17, 15) is 14.4 Å². The van der Waals surface area contributed by atoms with Gasteiger partial charge in [-0.15, -0.1) is 0 Å². The third-order valence-corrected chi connectivity index (χ3v) is 5.47. The average Bonchev–Trinajstić information content (AvgIpc) is 3.20. The molecule has 1 amide bonds. The molecule has 0 bridgehead atoms. The van der Waals surface area contributed by atoms with E-state index in [0.717, 1.165) is 0 Å². The van der Waals surface area contributed by atoms with Gasteiger partial charge in [0.05, 0.1) is 23.4 Å². The monoisotopic (exact) mass is 400 g/mol. The molecule has 2 aliphatic heterocycles. The number of aryl methyl sites for hydroxylation is 1. The van der Waals surface area contributed by atoms with Gasteiger partial charge in [-0.2, -0.15) is 0 Å². The van der Waals surface area contributed by atoms with Gasteiger partial charge in [0, 0.05) is 31.9 Å². The van der Waals surface area contributed by atoms with Gasteiger partial charge in [-0.05, 0) is 32.8 Å². The van der Waals surface area contributed by atoms with Crippen LogP contribution >= 0.6 is 0 Å². The van der Waals surface area contributed by atoms with Crippen LogP contribution in [0.5, 0.6) is 11.5 Å². The molecule has 0 N–H and O–H groups in total. The number of rotatable bonds is 4. The van der Waals surface area contributed by atoms with Crippen LogP contribution in [0.15, 0.2) is 23.1 Å². The number of carbonyl (C=O) groups excluding carboxylic acids is 2. The molecular weight excluding hydrogens is 376 g/mol. The van der Waals surface area contributed by atoms with Crippen molar-refractivity contribution >= 4 is 22.8 Å². The van der Waals surface area contributed by atoms with Crippen molar-refractivity contribution in [1.29, 1.82) is 0 Å². The Morgan fingerprint density at radius 2 is 1.97 bits per heavy atom. The molecule has 0 spiro atoms. The van der Waals surface area contributed by atoms with Crippen molar-refractivity contribution in [3.63, 3.8) is 0 Å². The molecule has 154 valence electrons. The highest BCUT2D eigenvalue weighted by Gasteiger charge is 2.31. The first-order chi connectivity index (χ1) is 14.0. The summed E-state index contributed by atoms with van der Waals surface area (Å²) < 4.78 is 17.8. The zero-order valence-corrected chi connectivity index (χ0v) is 16.6. The Labute approximate surface area is 167 Å². The second-order valence-corrected chi connectivity index (χ2v) is 7.22. The lowest BCUT2D eigenvalue weighted by Crippen LogP contribution is -2.44. The van der Waals surface area contributed by atoms with Crippen molar-refractivity contribution in [2.75, 3.05) is 26.5 Å². The lowest BCUT2D eigenvalue weighted by molar-refractivity contribution is -0.149. The number of hydrogen-bond acceptors (Lipinski definition) is 6. The molecule has 1 aromatic carbocycles. The van der Waals surface area contributed by atoms with Crippen LogP contribution in [0.4, 0.5) is 0 Å². The number of benzene rings is 1. The summed E-state index contributed by atoms with van der Waals surface area (Å²) in [7, 11) is 0. The molecule has 2 aliphatic rings. The number of fused-ring (bicyclic) bond motifs is 2. The Kier molecular flexibility index (Phi) is 5.17. The number of amides is 1. The van der Waals surface area contributed by atoms with Gasteiger partial charge in [0.15, 0.2) is 11.5 Å². The molecule has 1 fully saturated rings. The third-order valence-electron chi connectivity index (χ3n) is 5.47. The van der Waals surface area contributed by atoms with E-state index in [4.69, 9.17) is 14.2 Å². The van der Waals surface area contributed by atoms with Gasteiger partial charge < -0.3 is 23.7 Å². The van der Waals surface area contributed by atoms with Crippen molar-refractivity contribution in [3.8, 4) is 11.5 Å². The highest BCUT2D eigenvalue weighted by molar-refractivity contribution is 5.98. The smallest absolute Gasteiger partial charge is 0.310 e. The predicted molar refractivity (Wildman–Crippen MR) is 105 cm³/mol. The number of hydrogen-bond donors (Lipinski definition) is 0. The highest BCUT2D eigenvalue weighted by Crippen LogP contribution is 2.35. The molecule has 0 aliphatic carbocycles. The van der Waals surface area contributed by atoms with Crippen LogP contribution in [0, 0.1) is 5.92 Å². The summed E-state index contributed by atoms with van der Waals surface area (Å²) in [6, 6.07) is 3.41. The van der Waals surface area contributed by atoms with E-state index in [0.29, 0.717) is 54.9 Å². The second-order valence-electron chi connectivity index (χ2n) is 7.22. The maximum Gasteiger partial charge on any atom is 0.310 e. The topological polar surface area (TPSA) is 87.1 Å². The first kappa shape index (κ1) is 19.3. The van der Waals surface area contributed by atoms with Crippen LogP contribution in [0.25, 0.3) is 10.9 Å². The molecule has 3 heterocycles. The summed E-state index contributed by atoms with van der Waals surface area (Å²) in [6.45, 7) is 5.49. The minimum atomic E-state index is -0.356. The quantitative estimate of drug-likeness (QED) is 0.731. The average molecular weight is 400 g/mol. The minimum absolute atomic E-state index is 0.0997. The highest BCUT2D eigenvalue weighted by atomic mass is 16.7. The second kappa shape index (κ2) is 7.77. The number of ether oxygens (including phenoxy) is 3. The predicted octanol–water partition coefficient (Wildman–Crippen LogP) is 2.17. The lowest BCUT2D eigenvalue weighted by atomic mass is 9.97. The molecule has 29 heavy (non-hydrogen) atoms. The third kappa shape index (κ3) is 3.43. The Balaban J connectivity index is 1.71. The van der Waals surface area contributed by atoms with Gasteiger partial charge in [0.2, 0.25) is 12.2 Å². The molecule has 8 heteroatoms. The van der Waals surface area contributed by atoms with Crippen LogP contribution in [0.3, 0.4) is 0 Å². The Morgan fingerprint density at radius 3 is 2.69 bits per heavy atom. The van der Waals surface area contributed by atoms with Gasteiger partial charge in [0.25, 0.3) is 5.91 Å². The van der Waals surface area contributed by atoms with Crippen molar-refractivity contribution in [1.82, 2.24) is 9.47 Å². The summed E-state index contributed by atoms with van der Waals surface area (Å²) >= 11 is 0. The molecule has 1 aromatic heterocycles. The fourth-order valence-corrected chi connectivity index (χ4v) is 3.98. The van der Waals surface area contributed by atoms with Crippen LogP contribution < -0.4 is 14.9 Å². The van der Waals surface area contributed by atoms with E-state index < -0.39 is 0 Å². The SMILES string of the molecule is CCOC(=O)[C@H]1CCCN(C(=O)c2cn(CC)c3cc4c(cc3c2=O)OCO4)C1. The number of nitrogens with zero attached hydrogens (tertiary/aromatic N) is 2. The standard InChI is InChI=1S/C21H24N2O6/c1-3-22-11-15(19(24)14-8-17-18(9-16(14)22)29-12-28-17)20(25)23-7-5-6-13(10-23)21(26)27-4-2/h8-9,11,13H,3-7,10,12H2,1-2H3/t13-/m0/s1. The Bertz CT molecular complexity index is 1030. The molecule has 0 unspecified atom stereocenters. The molecule has 4 rings (SSSR count). The lowest BCUT2D eigenvalue weighted by Gasteiger charge is -2.31. The van der Waals surface area contributed by atoms with Crippen molar-refractivity contribution in [2.24, 2.45) is 5.92 Å². The molecular formula is C21H24N2O6. The maximum atomic E-state index is 13.2. The van der Waals surface area contributed by atoms with Crippen molar-refractivity contribution in [3.05, 3.63) is 34.1 Å². The molecule has 1 saturated heterocycles. The first-order valence-electron chi connectivity index (χ1n) is 9.96. The van der Waals surface area contributed by atoms with Crippen LogP contribution in [0.2, 0.25) is 0 Å². The fraction of sp³-hybridized carbons (Fsp3) is 0.476. The Morgan fingerprint density at radius 1 is 1.21 bits per heavy atom. The van der Waals surface area contributed by atoms with Crippen molar-refractivity contribution < 1.29 is 23.8 Å². The van der Waals surface area contributed by atoms with E-state index in [-0.39, 0.29) is 42.1 Å². The van der Waals surface area contributed by atoms with Gasteiger partial charge in [-0.25, -0.2) is 0 Å². The fourth-order valence-electron chi connectivity index (χ4n) is 3.98. The summed E-state index contributed by atoms with van der Waals surface area (Å²) in [5.74, 6) is 0.0944. The van der Waals surface area contributed by atoms with Crippen LogP contribution in [0.1, 0.15) is 37.0 Å². The van der Waals surface area contributed by atoms with Crippen LogP contribution in [-0.4, -0.2) is 47.8 Å². The van der Waals surface area contributed by atoms with Gasteiger partial charge in [-0.1, -0.05) is 0 Å². The molecule has 1 atom stereocenters. The number of piperidine rings is 1. The summed E-state index contributed by atoms with van der Waals surface area (Å²) in [4.78, 5) is 40.0. The van der Waals surface area contributed by atoms with E-state index in [1.807, 2.05) is 11.5 Å². The van der Waals surface area contributed by atoms with E-state index in [2.05, 4.69) is 0 Å².